The van der Waals surface area contributed by atoms with Gasteiger partial charge in [-0.2, -0.15) is 0 Å². The van der Waals surface area contributed by atoms with Crippen molar-refractivity contribution in [2.45, 2.75) is 26.9 Å². The molecule has 0 saturated carbocycles. The Morgan fingerprint density at radius 1 is 1.14 bits per heavy atom. The molecular formula is C14H13BrF2N2O2. The van der Waals surface area contributed by atoms with Crippen LogP contribution in [-0.2, 0) is 13.1 Å². The van der Waals surface area contributed by atoms with E-state index in [9.17, 15) is 18.4 Å². The molecule has 0 aliphatic carbocycles. The molecule has 4 nitrogen and oxygen atoms in total. The van der Waals surface area contributed by atoms with Crippen LogP contribution < -0.4 is 11.2 Å². The summed E-state index contributed by atoms with van der Waals surface area (Å²) in [6.45, 7) is 3.10. The largest absolute Gasteiger partial charge is 0.331 e. The normalized spacial score (nSPS) is 10.9. The van der Waals surface area contributed by atoms with E-state index in [-0.39, 0.29) is 23.1 Å². The first-order chi connectivity index (χ1) is 9.88. The average Bonchev–Trinajstić information content (AvgIpc) is 2.44. The maximum absolute atomic E-state index is 13.7. The summed E-state index contributed by atoms with van der Waals surface area (Å²) in [7, 11) is 0. The van der Waals surface area contributed by atoms with Crippen molar-refractivity contribution in [3.05, 3.63) is 66.4 Å². The second-order valence-electron chi connectivity index (χ2n) is 4.52. The van der Waals surface area contributed by atoms with Gasteiger partial charge in [-0.15, -0.1) is 0 Å². The van der Waals surface area contributed by atoms with Crippen LogP contribution in [0.4, 0.5) is 8.78 Å². The molecule has 0 aliphatic heterocycles. The van der Waals surface area contributed by atoms with Gasteiger partial charge in [0.2, 0.25) is 0 Å². The minimum atomic E-state index is -0.730. The fourth-order valence-electron chi connectivity index (χ4n) is 2.07. The van der Waals surface area contributed by atoms with Crippen molar-refractivity contribution in [2.75, 3.05) is 0 Å². The average molecular weight is 359 g/mol. The van der Waals surface area contributed by atoms with Crippen molar-refractivity contribution in [1.82, 2.24) is 9.13 Å². The first-order valence-electron chi connectivity index (χ1n) is 6.31. The third-order valence-corrected chi connectivity index (χ3v) is 4.22. The number of hydrogen-bond acceptors (Lipinski definition) is 2. The molecule has 0 unspecified atom stereocenters. The lowest BCUT2D eigenvalue weighted by Crippen LogP contribution is -2.41. The molecule has 0 fully saturated rings. The first kappa shape index (κ1) is 15.6. The summed E-state index contributed by atoms with van der Waals surface area (Å²) in [4.78, 5) is 24.2. The van der Waals surface area contributed by atoms with E-state index in [1.807, 2.05) is 0 Å². The van der Waals surface area contributed by atoms with Gasteiger partial charge in [0.25, 0.3) is 5.56 Å². The lowest BCUT2D eigenvalue weighted by molar-refractivity contribution is 0.521. The fourth-order valence-corrected chi connectivity index (χ4v) is 2.50. The third-order valence-electron chi connectivity index (χ3n) is 3.31. The molecule has 0 saturated heterocycles. The van der Waals surface area contributed by atoms with Gasteiger partial charge in [0.1, 0.15) is 16.1 Å². The van der Waals surface area contributed by atoms with Crippen LogP contribution in [0.3, 0.4) is 0 Å². The van der Waals surface area contributed by atoms with Gasteiger partial charge < -0.3 is 0 Å². The van der Waals surface area contributed by atoms with E-state index in [4.69, 9.17) is 0 Å². The number of halogens is 3. The molecule has 0 N–H and O–H groups in total. The van der Waals surface area contributed by atoms with Crippen molar-refractivity contribution >= 4 is 15.9 Å². The summed E-state index contributed by atoms with van der Waals surface area (Å²) in [6.07, 6.45) is 0. The molecular weight excluding hydrogens is 346 g/mol. The molecule has 0 radical (unpaired) electrons. The maximum atomic E-state index is 13.7. The standard InChI is InChI=1S/C14H13BrF2N2O2/c1-3-18-13(20)12(15)8(2)19(14(18)21)7-9-10(16)5-4-6-11(9)17/h4-6H,3,7H2,1-2H3. The van der Waals surface area contributed by atoms with Crippen LogP contribution in [0.5, 0.6) is 0 Å². The zero-order valence-electron chi connectivity index (χ0n) is 11.5. The van der Waals surface area contributed by atoms with Crippen LogP contribution in [0.1, 0.15) is 18.2 Å². The Labute approximate surface area is 127 Å². The van der Waals surface area contributed by atoms with E-state index in [0.29, 0.717) is 5.69 Å². The molecule has 21 heavy (non-hydrogen) atoms. The molecule has 7 heteroatoms. The highest BCUT2D eigenvalue weighted by Gasteiger charge is 2.16. The van der Waals surface area contributed by atoms with E-state index >= 15 is 0 Å². The van der Waals surface area contributed by atoms with E-state index in [2.05, 4.69) is 15.9 Å². The van der Waals surface area contributed by atoms with Crippen molar-refractivity contribution < 1.29 is 8.78 Å². The summed E-state index contributed by atoms with van der Waals surface area (Å²) in [5.74, 6) is -1.46. The van der Waals surface area contributed by atoms with Crippen molar-refractivity contribution in [2.24, 2.45) is 0 Å². The second-order valence-corrected chi connectivity index (χ2v) is 5.31. The quantitative estimate of drug-likeness (QED) is 0.845. The second kappa shape index (κ2) is 5.93. The molecule has 2 rings (SSSR count). The highest BCUT2D eigenvalue weighted by atomic mass is 79.9. The molecule has 1 aromatic heterocycles. The summed E-state index contributed by atoms with van der Waals surface area (Å²) in [5, 5.41) is 0. The summed E-state index contributed by atoms with van der Waals surface area (Å²) in [6, 6.07) is 3.51. The van der Waals surface area contributed by atoms with Gasteiger partial charge in [0.15, 0.2) is 0 Å². The lowest BCUT2D eigenvalue weighted by atomic mass is 10.2. The van der Waals surface area contributed by atoms with Gasteiger partial charge in [-0.3, -0.25) is 13.9 Å². The number of rotatable bonds is 3. The lowest BCUT2D eigenvalue weighted by Gasteiger charge is -2.15. The van der Waals surface area contributed by atoms with Crippen molar-refractivity contribution in [1.29, 1.82) is 0 Å². The number of aromatic nitrogens is 2. The van der Waals surface area contributed by atoms with E-state index in [1.54, 1.807) is 13.8 Å². The number of hydrogen-bond donors (Lipinski definition) is 0. The number of nitrogens with zero attached hydrogens (tertiary/aromatic N) is 2. The zero-order valence-corrected chi connectivity index (χ0v) is 13.1. The Bertz CT molecular complexity index is 792. The minimum absolute atomic E-state index is 0.177. The predicted molar refractivity (Wildman–Crippen MR) is 78.5 cm³/mol. The van der Waals surface area contributed by atoms with Crippen molar-refractivity contribution in [3.63, 3.8) is 0 Å². The maximum Gasteiger partial charge on any atom is 0.331 e. The Kier molecular flexibility index (Phi) is 4.41. The first-order valence-corrected chi connectivity index (χ1v) is 7.10. The molecule has 1 heterocycles. The van der Waals surface area contributed by atoms with Crippen LogP contribution in [0.15, 0.2) is 32.3 Å². The van der Waals surface area contributed by atoms with Crippen LogP contribution in [0.2, 0.25) is 0 Å². The van der Waals surface area contributed by atoms with Crippen molar-refractivity contribution in [3.8, 4) is 0 Å². The van der Waals surface area contributed by atoms with Crippen LogP contribution >= 0.6 is 15.9 Å². The molecule has 0 amide bonds. The fraction of sp³-hybridized carbons (Fsp3) is 0.286. The van der Waals surface area contributed by atoms with Crippen LogP contribution in [0, 0.1) is 18.6 Å². The number of benzene rings is 1. The topological polar surface area (TPSA) is 44.0 Å². The van der Waals surface area contributed by atoms with E-state index in [1.165, 1.54) is 10.6 Å². The minimum Gasteiger partial charge on any atom is -0.292 e. The van der Waals surface area contributed by atoms with Gasteiger partial charge in [0, 0.05) is 17.8 Å². The Hall–Kier alpha value is -1.76. The molecule has 1 aromatic carbocycles. The van der Waals surface area contributed by atoms with Gasteiger partial charge in [0.05, 0.1) is 6.54 Å². The van der Waals surface area contributed by atoms with E-state index in [0.717, 1.165) is 16.7 Å². The molecule has 112 valence electrons. The molecule has 0 spiro atoms. The Morgan fingerprint density at radius 2 is 1.71 bits per heavy atom. The Balaban J connectivity index is 2.69. The summed E-state index contributed by atoms with van der Waals surface area (Å²) < 4.78 is 29.8. The molecule has 0 bridgehead atoms. The van der Waals surface area contributed by atoms with Gasteiger partial charge in [-0.1, -0.05) is 6.07 Å². The highest BCUT2D eigenvalue weighted by Crippen LogP contribution is 2.15. The summed E-state index contributed by atoms with van der Waals surface area (Å²) in [5.41, 5.74) is -0.927. The van der Waals surface area contributed by atoms with E-state index < -0.39 is 22.9 Å². The predicted octanol–water partition coefficient (Wildman–Crippen LogP) is 2.43. The van der Waals surface area contributed by atoms with Crippen LogP contribution in [0.25, 0.3) is 0 Å². The zero-order chi connectivity index (χ0) is 15.7. The summed E-state index contributed by atoms with van der Waals surface area (Å²) >= 11 is 3.13. The molecule has 2 aromatic rings. The van der Waals surface area contributed by atoms with Crippen LogP contribution in [-0.4, -0.2) is 9.13 Å². The highest BCUT2D eigenvalue weighted by molar-refractivity contribution is 9.10. The van der Waals surface area contributed by atoms with Gasteiger partial charge in [-0.25, -0.2) is 13.6 Å². The van der Waals surface area contributed by atoms with Gasteiger partial charge >= 0.3 is 5.69 Å². The molecule has 0 aliphatic rings. The Morgan fingerprint density at radius 3 is 2.24 bits per heavy atom. The molecule has 0 atom stereocenters. The smallest absolute Gasteiger partial charge is 0.292 e. The SMILES string of the molecule is CCn1c(=O)c(Br)c(C)n(Cc2c(F)cccc2F)c1=O. The monoisotopic (exact) mass is 358 g/mol. The van der Waals surface area contributed by atoms with Gasteiger partial charge in [-0.05, 0) is 41.9 Å². The third kappa shape index (κ3) is 2.70.